The van der Waals surface area contributed by atoms with Crippen molar-refractivity contribution in [3.63, 3.8) is 0 Å². The second-order valence-corrected chi connectivity index (χ2v) is 6.85. The van der Waals surface area contributed by atoms with Gasteiger partial charge >= 0.3 is 5.63 Å². The van der Waals surface area contributed by atoms with Gasteiger partial charge in [-0.25, -0.2) is 4.79 Å². The van der Waals surface area contributed by atoms with E-state index in [-0.39, 0.29) is 6.79 Å². The minimum absolute atomic E-state index is 0.185. The lowest BCUT2D eigenvalue weighted by atomic mass is 10.1. The molecular formula is C24H18O6. The van der Waals surface area contributed by atoms with Crippen LogP contribution < -0.4 is 24.6 Å². The second-order valence-electron chi connectivity index (χ2n) is 6.85. The Labute approximate surface area is 172 Å². The highest BCUT2D eigenvalue weighted by atomic mass is 16.7. The number of methoxy groups -OCH3 is 1. The summed E-state index contributed by atoms with van der Waals surface area (Å²) in [4.78, 5) is 12.6. The molecule has 4 aromatic rings. The molecule has 0 fully saturated rings. The van der Waals surface area contributed by atoms with Gasteiger partial charge < -0.3 is 23.4 Å². The van der Waals surface area contributed by atoms with Crippen LogP contribution in [0.25, 0.3) is 22.1 Å². The van der Waals surface area contributed by atoms with Crippen LogP contribution in [0.5, 0.6) is 23.0 Å². The summed E-state index contributed by atoms with van der Waals surface area (Å²) in [5, 5.41) is 0.805. The molecule has 0 saturated heterocycles. The first-order chi connectivity index (χ1) is 14.7. The Bertz CT molecular complexity index is 1270. The highest BCUT2D eigenvalue weighted by Gasteiger charge is 2.16. The van der Waals surface area contributed by atoms with Crippen LogP contribution in [0.3, 0.4) is 0 Å². The Kier molecular flexibility index (Phi) is 4.52. The summed E-state index contributed by atoms with van der Waals surface area (Å²) in [5.41, 5.74) is 2.24. The summed E-state index contributed by atoms with van der Waals surface area (Å²) in [7, 11) is 1.63. The van der Waals surface area contributed by atoms with Crippen molar-refractivity contribution >= 4 is 11.0 Å². The van der Waals surface area contributed by atoms with Gasteiger partial charge in [0.1, 0.15) is 23.7 Å². The molecule has 1 aliphatic rings. The van der Waals surface area contributed by atoms with Crippen LogP contribution in [-0.2, 0) is 6.61 Å². The topological polar surface area (TPSA) is 67.1 Å². The van der Waals surface area contributed by atoms with Crippen molar-refractivity contribution in [2.45, 2.75) is 6.61 Å². The highest BCUT2D eigenvalue weighted by molar-refractivity contribution is 5.83. The zero-order chi connectivity index (χ0) is 20.5. The van der Waals surface area contributed by atoms with Crippen molar-refractivity contribution in [1.82, 2.24) is 0 Å². The largest absolute Gasteiger partial charge is 0.497 e. The number of ether oxygens (including phenoxy) is 4. The third-order valence-electron chi connectivity index (χ3n) is 4.96. The lowest BCUT2D eigenvalue weighted by Gasteiger charge is -2.08. The van der Waals surface area contributed by atoms with Crippen LogP contribution in [0.2, 0.25) is 0 Å². The monoisotopic (exact) mass is 402 g/mol. The van der Waals surface area contributed by atoms with E-state index in [1.165, 1.54) is 0 Å². The molecule has 0 saturated carbocycles. The predicted molar refractivity (Wildman–Crippen MR) is 111 cm³/mol. The van der Waals surface area contributed by atoms with Gasteiger partial charge in [-0.3, -0.25) is 0 Å². The lowest BCUT2D eigenvalue weighted by Crippen LogP contribution is -2.03. The van der Waals surface area contributed by atoms with Gasteiger partial charge in [0.15, 0.2) is 11.5 Å². The van der Waals surface area contributed by atoms with E-state index in [0.717, 1.165) is 22.3 Å². The van der Waals surface area contributed by atoms with Crippen LogP contribution >= 0.6 is 0 Å². The summed E-state index contributed by atoms with van der Waals surface area (Å²) >= 11 is 0. The molecule has 2 heterocycles. The number of hydrogen-bond acceptors (Lipinski definition) is 6. The van der Waals surface area contributed by atoms with Crippen LogP contribution in [0.4, 0.5) is 0 Å². The molecule has 1 aromatic heterocycles. The smallest absolute Gasteiger partial charge is 0.344 e. The van der Waals surface area contributed by atoms with Gasteiger partial charge in [-0.1, -0.05) is 18.2 Å². The molecule has 0 radical (unpaired) electrons. The van der Waals surface area contributed by atoms with Crippen molar-refractivity contribution in [3.8, 4) is 34.1 Å². The molecule has 1 aliphatic heterocycles. The van der Waals surface area contributed by atoms with Gasteiger partial charge in [-0.15, -0.1) is 0 Å². The van der Waals surface area contributed by atoms with Crippen molar-refractivity contribution in [2.75, 3.05) is 13.9 Å². The van der Waals surface area contributed by atoms with E-state index < -0.39 is 5.63 Å². The van der Waals surface area contributed by atoms with E-state index in [4.69, 9.17) is 23.4 Å². The van der Waals surface area contributed by atoms with E-state index >= 15 is 0 Å². The average molecular weight is 402 g/mol. The molecule has 0 amide bonds. The fraction of sp³-hybridized carbons (Fsp3) is 0.125. The molecular weight excluding hydrogens is 384 g/mol. The van der Waals surface area contributed by atoms with E-state index in [0.29, 0.717) is 35.0 Å². The summed E-state index contributed by atoms with van der Waals surface area (Å²) in [5.74, 6) is 2.71. The normalized spacial score (nSPS) is 12.2. The maximum absolute atomic E-state index is 12.6. The third kappa shape index (κ3) is 3.43. The summed E-state index contributed by atoms with van der Waals surface area (Å²) in [6.07, 6.45) is 0. The van der Waals surface area contributed by atoms with Gasteiger partial charge in [0, 0.05) is 11.5 Å². The second kappa shape index (κ2) is 7.48. The van der Waals surface area contributed by atoms with E-state index in [1.807, 2.05) is 48.5 Å². The van der Waals surface area contributed by atoms with Crippen molar-refractivity contribution in [1.29, 1.82) is 0 Å². The molecule has 30 heavy (non-hydrogen) atoms. The number of hydrogen-bond donors (Lipinski definition) is 0. The van der Waals surface area contributed by atoms with Crippen molar-refractivity contribution in [3.05, 3.63) is 82.7 Å². The Morgan fingerprint density at radius 2 is 1.67 bits per heavy atom. The molecule has 3 aromatic carbocycles. The van der Waals surface area contributed by atoms with Crippen molar-refractivity contribution in [2.24, 2.45) is 0 Å². The number of fused-ring (bicyclic) bond motifs is 2. The van der Waals surface area contributed by atoms with Crippen LogP contribution in [0.1, 0.15) is 5.56 Å². The van der Waals surface area contributed by atoms with Gasteiger partial charge in [0.05, 0.1) is 12.7 Å². The predicted octanol–water partition coefficient (Wildman–Crippen LogP) is 4.78. The Balaban J connectivity index is 1.40. The third-order valence-corrected chi connectivity index (χ3v) is 4.96. The maximum atomic E-state index is 12.6. The van der Waals surface area contributed by atoms with E-state index in [1.54, 1.807) is 25.3 Å². The molecule has 0 N–H and O–H groups in total. The summed E-state index contributed by atoms with van der Waals surface area (Å²) in [6, 6.07) is 20.3. The molecule has 0 bridgehead atoms. The Hall–Kier alpha value is -3.93. The SMILES string of the molecule is COc1ccc(COc2ccc3cc(-c4ccc5c(c4)OCO5)c(=O)oc3c2)cc1. The molecule has 0 unspecified atom stereocenters. The molecule has 0 spiro atoms. The van der Waals surface area contributed by atoms with Gasteiger partial charge in [-0.2, -0.15) is 0 Å². The van der Waals surface area contributed by atoms with E-state index in [9.17, 15) is 4.79 Å². The number of benzene rings is 3. The van der Waals surface area contributed by atoms with Crippen LogP contribution in [0, 0.1) is 0 Å². The molecule has 5 rings (SSSR count). The molecule has 0 aliphatic carbocycles. The fourth-order valence-corrected chi connectivity index (χ4v) is 3.34. The fourth-order valence-electron chi connectivity index (χ4n) is 3.34. The van der Waals surface area contributed by atoms with Crippen LogP contribution in [0.15, 0.2) is 75.9 Å². The molecule has 6 heteroatoms. The lowest BCUT2D eigenvalue weighted by molar-refractivity contribution is 0.174. The summed E-state index contributed by atoms with van der Waals surface area (Å²) < 4.78 is 27.3. The van der Waals surface area contributed by atoms with Gasteiger partial charge in [-0.05, 0) is 53.6 Å². The van der Waals surface area contributed by atoms with Crippen molar-refractivity contribution < 1.29 is 23.4 Å². The maximum Gasteiger partial charge on any atom is 0.344 e. The average Bonchev–Trinajstić information content (AvgIpc) is 3.25. The Morgan fingerprint density at radius 1 is 0.867 bits per heavy atom. The standard InChI is InChI=1S/C24H18O6/c1-26-18-6-2-15(3-7-18)13-27-19-8-4-17-10-20(24(25)30-22(17)12-19)16-5-9-21-23(11-16)29-14-28-21/h2-12H,13-14H2,1H3. The van der Waals surface area contributed by atoms with Gasteiger partial charge in [0.25, 0.3) is 0 Å². The zero-order valence-electron chi connectivity index (χ0n) is 16.2. The minimum Gasteiger partial charge on any atom is -0.497 e. The first-order valence-corrected chi connectivity index (χ1v) is 9.43. The van der Waals surface area contributed by atoms with E-state index in [2.05, 4.69) is 0 Å². The van der Waals surface area contributed by atoms with Crippen LogP contribution in [-0.4, -0.2) is 13.9 Å². The summed E-state index contributed by atoms with van der Waals surface area (Å²) in [6.45, 7) is 0.583. The molecule has 0 atom stereocenters. The zero-order valence-corrected chi connectivity index (χ0v) is 16.2. The number of rotatable bonds is 5. The van der Waals surface area contributed by atoms with Gasteiger partial charge in [0.2, 0.25) is 6.79 Å². The Morgan fingerprint density at radius 3 is 2.50 bits per heavy atom. The highest BCUT2D eigenvalue weighted by Crippen LogP contribution is 2.35. The molecule has 150 valence electrons. The molecule has 6 nitrogen and oxygen atoms in total. The quantitative estimate of drug-likeness (QED) is 0.448. The minimum atomic E-state index is -0.423. The first kappa shape index (κ1) is 18.1. The first-order valence-electron chi connectivity index (χ1n) is 9.43.